The third-order valence-corrected chi connectivity index (χ3v) is 3.97. The van der Waals surface area contributed by atoms with E-state index in [-0.39, 0.29) is 6.42 Å². The van der Waals surface area contributed by atoms with Gasteiger partial charge in [0, 0.05) is 6.42 Å². The Kier molecular flexibility index (Phi) is 7.28. The van der Waals surface area contributed by atoms with Crippen LogP contribution >= 0.6 is 0 Å². The molecule has 0 spiro atoms. The first-order valence-corrected chi connectivity index (χ1v) is 8.41. The van der Waals surface area contributed by atoms with Crippen LogP contribution in [-0.4, -0.2) is 29.5 Å². The van der Waals surface area contributed by atoms with Gasteiger partial charge in [0.05, 0.1) is 6.42 Å². The molecule has 0 bridgehead atoms. The van der Waals surface area contributed by atoms with E-state index in [2.05, 4.69) is 5.32 Å². The monoisotopic (exact) mass is 377 g/mol. The Morgan fingerprint density at radius 3 is 2.56 bits per heavy atom. The van der Waals surface area contributed by atoms with E-state index in [4.69, 9.17) is 9.84 Å². The molecule has 0 saturated heterocycles. The van der Waals surface area contributed by atoms with Gasteiger partial charge >= 0.3 is 5.97 Å². The number of carboxylic acid groups (broad SMARTS) is 1. The topological polar surface area (TPSA) is 75.6 Å². The minimum atomic E-state index is -2.82. The highest BCUT2D eigenvalue weighted by atomic mass is 19.3. The van der Waals surface area contributed by atoms with Gasteiger partial charge in [-0.1, -0.05) is 36.4 Å². The van der Waals surface area contributed by atoms with Crippen LogP contribution in [-0.2, 0) is 22.6 Å². The van der Waals surface area contributed by atoms with Crippen LogP contribution in [0.3, 0.4) is 0 Å². The number of alkyl halides is 2. The number of carboxylic acids is 1. The zero-order valence-electron chi connectivity index (χ0n) is 14.8. The number of carbonyl (C=O) groups excluding carboxylic acids is 1. The van der Waals surface area contributed by atoms with Crippen LogP contribution in [0.1, 0.15) is 23.1 Å². The van der Waals surface area contributed by atoms with Gasteiger partial charge in [0.25, 0.3) is 0 Å². The summed E-state index contributed by atoms with van der Waals surface area (Å²) in [5.74, 6) is -1.57. The molecule has 0 radical (unpaired) electrons. The number of amides is 1. The summed E-state index contributed by atoms with van der Waals surface area (Å²) in [4.78, 5) is 22.9. The zero-order valence-corrected chi connectivity index (χ0v) is 14.8. The number of benzene rings is 2. The first kappa shape index (κ1) is 20.4. The number of carbonyl (C=O) groups is 2. The number of hydrogen-bond acceptors (Lipinski definition) is 3. The molecule has 27 heavy (non-hydrogen) atoms. The van der Waals surface area contributed by atoms with Crippen molar-refractivity contribution < 1.29 is 28.2 Å². The van der Waals surface area contributed by atoms with Crippen molar-refractivity contribution >= 4 is 11.9 Å². The Morgan fingerprint density at radius 1 is 1.15 bits per heavy atom. The summed E-state index contributed by atoms with van der Waals surface area (Å²) in [6.45, 7) is 2.36. The highest BCUT2D eigenvalue weighted by molar-refractivity contribution is 5.84. The van der Waals surface area contributed by atoms with E-state index in [0.717, 1.165) is 11.1 Å². The molecule has 144 valence electrons. The molecule has 0 aliphatic rings. The van der Waals surface area contributed by atoms with E-state index >= 15 is 0 Å². The lowest BCUT2D eigenvalue weighted by Crippen LogP contribution is -2.42. The summed E-state index contributed by atoms with van der Waals surface area (Å²) in [6.07, 6.45) is -3.88. The number of hydrogen-bond donors (Lipinski definition) is 2. The van der Waals surface area contributed by atoms with Gasteiger partial charge in [-0.15, -0.1) is 0 Å². The van der Waals surface area contributed by atoms with Gasteiger partial charge in [-0.05, 0) is 35.7 Å². The van der Waals surface area contributed by atoms with Crippen molar-refractivity contribution in [2.45, 2.75) is 38.8 Å². The number of ether oxygens (including phenoxy) is 1. The SMILES string of the molecule is Cc1ccccc1COc1cccc(CC(=O)NC(CC(F)F)C(=O)O)c1. The molecule has 5 nitrogen and oxygen atoms in total. The second-order valence-corrected chi connectivity index (χ2v) is 6.12. The second-order valence-electron chi connectivity index (χ2n) is 6.12. The largest absolute Gasteiger partial charge is 0.489 e. The predicted octanol–water partition coefficient (Wildman–Crippen LogP) is 3.34. The number of aryl methyl sites for hydroxylation is 1. The first-order valence-electron chi connectivity index (χ1n) is 8.41. The predicted molar refractivity (Wildman–Crippen MR) is 95.8 cm³/mol. The van der Waals surface area contributed by atoms with Crippen LogP contribution in [0, 0.1) is 6.92 Å². The summed E-state index contributed by atoms with van der Waals surface area (Å²) in [7, 11) is 0. The maximum absolute atomic E-state index is 12.4. The van der Waals surface area contributed by atoms with Gasteiger partial charge in [0.15, 0.2) is 0 Å². The summed E-state index contributed by atoms with van der Waals surface area (Å²) < 4.78 is 30.5. The molecule has 0 aromatic heterocycles. The maximum Gasteiger partial charge on any atom is 0.326 e. The Morgan fingerprint density at radius 2 is 1.89 bits per heavy atom. The average Bonchev–Trinajstić information content (AvgIpc) is 2.60. The fourth-order valence-electron chi connectivity index (χ4n) is 2.51. The van der Waals surface area contributed by atoms with Gasteiger partial charge in [0.1, 0.15) is 18.4 Å². The second kappa shape index (κ2) is 9.66. The fourth-order valence-corrected chi connectivity index (χ4v) is 2.51. The van der Waals surface area contributed by atoms with Crippen LogP contribution in [0.15, 0.2) is 48.5 Å². The van der Waals surface area contributed by atoms with Crippen LogP contribution in [0.4, 0.5) is 8.78 Å². The molecular formula is C20H21F2NO4. The first-order chi connectivity index (χ1) is 12.8. The molecular weight excluding hydrogens is 356 g/mol. The minimum absolute atomic E-state index is 0.130. The van der Waals surface area contributed by atoms with E-state index < -0.39 is 30.8 Å². The lowest BCUT2D eigenvalue weighted by molar-refractivity contribution is -0.142. The van der Waals surface area contributed by atoms with Gasteiger partial charge < -0.3 is 15.2 Å². The van der Waals surface area contributed by atoms with Crippen molar-refractivity contribution in [3.8, 4) is 5.75 Å². The summed E-state index contributed by atoms with van der Waals surface area (Å²) in [5.41, 5.74) is 2.74. The Hall–Kier alpha value is -2.96. The number of aliphatic carboxylic acids is 1. The van der Waals surface area contributed by atoms with Crippen molar-refractivity contribution in [1.29, 1.82) is 0 Å². The lowest BCUT2D eigenvalue weighted by Gasteiger charge is -2.14. The molecule has 2 aromatic carbocycles. The average molecular weight is 377 g/mol. The third kappa shape index (κ3) is 6.69. The summed E-state index contributed by atoms with van der Waals surface area (Å²) in [5, 5.41) is 11.0. The highest BCUT2D eigenvalue weighted by Gasteiger charge is 2.24. The van der Waals surface area contributed by atoms with E-state index in [9.17, 15) is 18.4 Å². The summed E-state index contributed by atoms with van der Waals surface area (Å²) in [6, 6.07) is 13.0. The van der Waals surface area contributed by atoms with Crippen LogP contribution in [0.25, 0.3) is 0 Å². The number of nitrogens with one attached hydrogen (secondary N) is 1. The smallest absolute Gasteiger partial charge is 0.326 e. The Bertz CT molecular complexity index is 795. The molecule has 0 fully saturated rings. The standard InChI is InChI=1S/C20H21F2NO4/c1-13-5-2-3-7-15(13)12-27-16-8-4-6-14(9-16)10-19(24)23-17(20(25)26)11-18(21)22/h2-9,17-18H,10-12H2,1H3,(H,23,24)(H,25,26). The van der Waals surface area contributed by atoms with Crippen molar-refractivity contribution in [3.05, 3.63) is 65.2 Å². The molecule has 1 atom stereocenters. The van der Waals surface area contributed by atoms with Crippen LogP contribution in [0.2, 0.25) is 0 Å². The lowest BCUT2D eigenvalue weighted by atomic mass is 10.1. The molecule has 1 unspecified atom stereocenters. The molecule has 0 aliphatic heterocycles. The van der Waals surface area contributed by atoms with Gasteiger partial charge in [-0.25, -0.2) is 13.6 Å². The van der Waals surface area contributed by atoms with Crippen LogP contribution < -0.4 is 10.1 Å². The molecule has 2 aromatic rings. The normalized spacial score (nSPS) is 11.9. The van der Waals surface area contributed by atoms with Crippen molar-refractivity contribution in [2.24, 2.45) is 0 Å². The Labute approximate surface area is 156 Å². The summed E-state index contributed by atoms with van der Waals surface area (Å²) >= 11 is 0. The van der Waals surface area contributed by atoms with E-state index in [0.29, 0.717) is 17.9 Å². The molecule has 0 aliphatic carbocycles. The molecule has 2 N–H and O–H groups in total. The van der Waals surface area contributed by atoms with Gasteiger partial charge in [-0.3, -0.25) is 4.79 Å². The molecule has 0 saturated carbocycles. The van der Waals surface area contributed by atoms with Crippen molar-refractivity contribution in [1.82, 2.24) is 5.32 Å². The molecule has 7 heteroatoms. The third-order valence-electron chi connectivity index (χ3n) is 3.97. The molecule has 0 heterocycles. The van der Waals surface area contributed by atoms with Crippen molar-refractivity contribution in [2.75, 3.05) is 0 Å². The van der Waals surface area contributed by atoms with E-state index in [1.54, 1.807) is 24.3 Å². The van der Waals surface area contributed by atoms with Gasteiger partial charge in [-0.2, -0.15) is 0 Å². The van der Waals surface area contributed by atoms with Gasteiger partial charge in [0.2, 0.25) is 12.3 Å². The fraction of sp³-hybridized carbons (Fsp3) is 0.300. The van der Waals surface area contributed by atoms with E-state index in [1.165, 1.54) is 0 Å². The quantitative estimate of drug-likeness (QED) is 0.703. The molecule has 2 rings (SSSR count). The number of halogens is 2. The van der Waals surface area contributed by atoms with E-state index in [1.807, 2.05) is 31.2 Å². The molecule has 1 amide bonds. The maximum atomic E-state index is 12.4. The van der Waals surface area contributed by atoms with Crippen molar-refractivity contribution in [3.63, 3.8) is 0 Å². The minimum Gasteiger partial charge on any atom is -0.489 e. The number of rotatable bonds is 9. The zero-order chi connectivity index (χ0) is 19.8. The highest BCUT2D eigenvalue weighted by Crippen LogP contribution is 2.17. The Balaban J connectivity index is 1.95. The van der Waals surface area contributed by atoms with Crippen LogP contribution in [0.5, 0.6) is 5.75 Å².